The third-order valence-corrected chi connectivity index (χ3v) is 10.4. The van der Waals surface area contributed by atoms with Crippen LogP contribution in [0.5, 0.6) is 0 Å². The molecular weight excluding hydrogens is 340 g/mol. The fourth-order valence-electron chi connectivity index (χ4n) is 8.74. The Bertz CT molecular complexity index is 591. The van der Waals surface area contributed by atoms with Crippen molar-refractivity contribution >= 4 is 0 Å². The van der Waals surface area contributed by atoms with E-state index in [2.05, 4.69) is 40.7 Å². The van der Waals surface area contributed by atoms with Gasteiger partial charge in [-0.15, -0.1) is 0 Å². The third-order valence-electron chi connectivity index (χ3n) is 10.4. The van der Waals surface area contributed by atoms with E-state index in [1.807, 2.05) is 0 Å². The number of hydrogen-bond acceptors (Lipinski definition) is 1. The van der Waals surface area contributed by atoms with Crippen LogP contribution in [-0.2, 0) is 0 Å². The molecule has 0 aromatic heterocycles. The lowest BCUT2D eigenvalue weighted by molar-refractivity contribution is -0.0930. The second-order valence-corrected chi connectivity index (χ2v) is 12.1. The maximum Gasteiger partial charge on any atom is 0.0633 e. The first-order valence-corrected chi connectivity index (χ1v) is 12.7. The second kappa shape index (κ2) is 7.75. The molecule has 0 radical (unpaired) electrons. The molecule has 160 valence electrons. The van der Waals surface area contributed by atoms with Crippen molar-refractivity contribution < 1.29 is 5.11 Å². The highest BCUT2D eigenvalue weighted by Crippen LogP contribution is 2.67. The van der Waals surface area contributed by atoms with Crippen LogP contribution in [0.25, 0.3) is 0 Å². The molecule has 28 heavy (non-hydrogen) atoms. The normalized spacial score (nSPS) is 46.5. The number of aliphatic hydroxyl groups is 1. The van der Waals surface area contributed by atoms with Gasteiger partial charge in [0.25, 0.3) is 0 Å². The topological polar surface area (TPSA) is 20.2 Å². The van der Waals surface area contributed by atoms with Crippen molar-refractivity contribution in [3.05, 3.63) is 11.6 Å². The van der Waals surface area contributed by atoms with E-state index in [1.165, 1.54) is 64.2 Å². The zero-order valence-corrected chi connectivity index (χ0v) is 19.3. The smallest absolute Gasteiger partial charge is 0.0633 e. The van der Waals surface area contributed by atoms with E-state index in [0.29, 0.717) is 5.41 Å². The van der Waals surface area contributed by atoms with Crippen molar-refractivity contribution in [1.82, 2.24) is 0 Å². The van der Waals surface area contributed by atoms with Crippen LogP contribution in [0, 0.1) is 46.3 Å². The van der Waals surface area contributed by atoms with Crippen LogP contribution in [0.2, 0.25) is 0 Å². The molecule has 3 fully saturated rings. The van der Waals surface area contributed by atoms with E-state index in [9.17, 15) is 5.11 Å². The molecule has 4 aliphatic carbocycles. The predicted octanol–water partition coefficient (Wildman–Crippen LogP) is 7.39. The minimum Gasteiger partial charge on any atom is -0.392 e. The van der Waals surface area contributed by atoms with Crippen LogP contribution in [-0.4, -0.2) is 11.2 Å². The Hall–Kier alpha value is -0.300. The molecular formula is C27H46O. The zero-order chi connectivity index (χ0) is 20.1. The fraction of sp³-hybridized carbons (Fsp3) is 0.926. The molecule has 1 N–H and O–H groups in total. The maximum atomic E-state index is 11.0. The van der Waals surface area contributed by atoms with Crippen LogP contribution in [0.3, 0.4) is 0 Å². The third kappa shape index (κ3) is 3.23. The summed E-state index contributed by atoms with van der Waals surface area (Å²) in [7, 11) is 0. The fourth-order valence-corrected chi connectivity index (χ4v) is 8.74. The Kier molecular flexibility index (Phi) is 5.80. The molecule has 0 aromatic rings. The standard InChI is InChI=1S/C27H46O/c1-18(2)8-6-9-19(3)22-14-15-23-21-13-12-20-10-7-11-25(28)27(20,5)24(21)16-17-26(22,23)4/h12,18-19,21-25,28H,6-11,13-17H2,1-5H3/t19-,21+,22-,23+,24+,25-,26-,27+/m1/s1. The minimum absolute atomic E-state index is 0.0868. The minimum atomic E-state index is -0.100. The van der Waals surface area contributed by atoms with Crippen molar-refractivity contribution in [3.63, 3.8) is 0 Å². The summed E-state index contributed by atoms with van der Waals surface area (Å²) < 4.78 is 0. The molecule has 0 saturated heterocycles. The number of rotatable bonds is 5. The van der Waals surface area contributed by atoms with Gasteiger partial charge in [-0.1, -0.05) is 65.5 Å². The lowest BCUT2D eigenvalue weighted by Crippen LogP contribution is -2.54. The lowest BCUT2D eigenvalue weighted by atomic mass is 9.46. The molecule has 0 spiro atoms. The monoisotopic (exact) mass is 386 g/mol. The van der Waals surface area contributed by atoms with Crippen molar-refractivity contribution in [2.24, 2.45) is 46.3 Å². The zero-order valence-electron chi connectivity index (χ0n) is 19.3. The van der Waals surface area contributed by atoms with Gasteiger partial charge in [-0.05, 0) is 92.3 Å². The van der Waals surface area contributed by atoms with Crippen LogP contribution >= 0.6 is 0 Å². The first-order chi connectivity index (χ1) is 13.3. The molecule has 4 rings (SSSR count). The molecule has 0 heterocycles. The summed E-state index contributed by atoms with van der Waals surface area (Å²) >= 11 is 0. The number of fused-ring (bicyclic) bond motifs is 5. The number of aliphatic hydroxyl groups excluding tert-OH is 1. The summed E-state index contributed by atoms with van der Waals surface area (Å²) in [5.41, 5.74) is 2.26. The summed E-state index contributed by atoms with van der Waals surface area (Å²) in [4.78, 5) is 0. The molecule has 0 unspecified atom stereocenters. The average molecular weight is 387 g/mol. The summed E-state index contributed by atoms with van der Waals surface area (Å²) in [6.45, 7) is 12.4. The van der Waals surface area contributed by atoms with E-state index in [-0.39, 0.29) is 11.5 Å². The van der Waals surface area contributed by atoms with E-state index in [4.69, 9.17) is 0 Å². The van der Waals surface area contributed by atoms with Gasteiger partial charge in [-0.3, -0.25) is 0 Å². The summed E-state index contributed by atoms with van der Waals surface area (Å²) in [6.07, 6.45) is 17.2. The van der Waals surface area contributed by atoms with Gasteiger partial charge in [0.2, 0.25) is 0 Å². The molecule has 1 heteroatoms. The molecule has 8 atom stereocenters. The first-order valence-electron chi connectivity index (χ1n) is 12.7. The first kappa shape index (κ1) is 21.0. The van der Waals surface area contributed by atoms with Crippen molar-refractivity contribution in [1.29, 1.82) is 0 Å². The average Bonchev–Trinajstić information content (AvgIpc) is 3.00. The van der Waals surface area contributed by atoms with Crippen molar-refractivity contribution in [2.45, 2.75) is 111 Å². The molecule has 0 amide bonds. The van der Waals surface area contributed by atoms with Gasteiger partial charge in [0.1, 0.15) is 0 Å². The van der Waals surface area contributed by atoms with Gasteiger partial charge < -0.3 is 5.11 Å². The van der Waals surface area contributed by atoms with E-state index in [0.717, 1.165) is 41.9 Å². The lowest BCUT2D eigenvalue weighted by Gasteiger charge is -2.59. The summed E-state index contributed by atoms with van der Waals surface area (Å²) in [5, 5.41) is 11.0. The van der Waals surface area contributed by atoms with Crippen LogP contribution < -0.4 is 0 Å². The van der Waals surface area contributed by atoms with Crippen LogP contribution in [0.4, 0.5) is 0 Å². The van der Waals surface area contributed by atoms with E-state index < -0.39 is 0 Å². The van der Waals surface area contributed by atoms with Gasteiger partial charge in [-0.2, -0.15) is 0 Å². The Labute approximate surface area is 174 Å². The van der Waals surface area contributed by atoms with Gasteiger partial charge >= 0.3 is 0 Å². The molecule has 0 aromatic carbocycles. The quantitative estimate of drug-likeness (QED) is 0.488. The molecule has 3 saturated carbocycles. The Morgan fingerprint density at radius 1 is 1.04 bits per heavy atom. The van der Waals surface area contributed by atoms with Crippen molar-refractivity contribution in [2.75, 3.05) is 0 Å². The summed E-state index contributed by atoms with van der Waals surface area (Å²) in [6, 6.07) is 0. The number of allylic oxidation sites excluding steroid dienone is 1. The Morgan fingerprint density at radius 3 is 2.57 bits per heavy atom. The Morgan fingerprint density at radius 2 is 1.82 bits per heavy atom. The Balaban J connectivity index is 1.51. The van der Waals surface area contributed by atoms with Gasteiger partial charge in [0, 0.05) is 5.41 Å². The SMILES string of the molecule is CC(C)CCC[C@@H](C)[C@H]1CC[C@H]2[C@@H]3CC=C4CCC[C@@H](O)[C@]4(C)[C@H]3CC[C@]12C. The number of hydrogen-bond donors (Lipinski definition) is 1. The highest BCUT2D eigenvalue weighted by atomic mass is 16.3. The highest BCUT2D eigenvalue weighted by Gasteiger charge is 2.60. The molecule has 0 aliphatic heterocycles. The van der Waals surface area contributed by atoms with Crippen LogP contribution in [0.1, 0.15) is 105 Å². The van der Waals surface area contributed by atoms with Crippen molar-refractivity contribution in [3.8, 4) is 0 Å². The van der Waals surface area contributed by atoms with Gasteiger partial charge in [0.15, 0.2) is 0 Å². The maximum absolute atomic E-state index is 11.0. The van der Waals surface area contributed by atoms with E-state index >= 15 is 0 Å². The summed E-state index contributed by atoms with van der Waals surface area (Å²) in [5.74, 6) is 5.12. The molecule has 1 nitrogen and oxygen atoms in total. The van der Waals surface area contributed by atoms with E-state index in [1.54, 1.807) is 5.57 Å². The second-order valence-electron chi connectivity index (χ2n) is 12.1. The molecule has 0 bridgehead atoms. The highest BCUT2D eigenvalue weighted by molar-refractivity contribution is 5.26. The molecule has 4 aliphatic rings. The van der Waals surface area contributed by atoms with Gasteiger partial charge in [-0.25, -0.2) is 0 Å². The van der Waals surface area contributed by atoms with Gasteiger partial charge in [0.05, 0.1) is 6.10 Å². The van der Waals surface area contributed by atoms with Crippen LogP contribution in [0.15, 0.2) is 11.6 Å². The predicted molar refractivity (Wildman–Crippen MR) is 119 cm³/mol. The largest absolute Gasteiger partial charge is 0.392 e.